The van der Waals surface area contributed by atoms with Crippen molar-refractivity contribution in [1.82, 2.24) is 0 Å². The lowest BCUT2D eigenvalue weighted by atomic mass is 9.95. The SMILES string of the molecule is N#C[C@H]1CC=C(OS(=O)(=O)C(F)(F)F)CC1. The molecule has 1 aliphatic carbocycles. The van der Waals surface area contributed by atoms with Crippen LogP contribution in [0.15, 0.2) is 11.8 Å². The van der Waals surface area contributed by atoms with E-state index < -0.39 is 15.6 Å². The van der Waals surface area contributed by atoms with Crippen LogP contribution >= 0.6 is 0 Å². The molecule has 0 N–H and O–H groups in total. The van der Waals surface area contributed by atoms with E-state index in [4.69, 9.17) is 5.26 Å². The molecule has 90 valence electrons. The highest BCUT2D eigenvalue weighted by Gasteiger charge is 2.48. The Morgan fingerprint density at radius 3 is 2.50 bits per heavy atom. The third kappa shape index (κ3) is 2.88. The minimum atomic E-state index is -5.57. The van der Waals surface area contributed by atoms with Gasteiger partial charge in [0.25, 0.3) is 0 Å². The van der Waals surface area contributed by atoms with Gasteiger partial charge < -0.3 is 4.18 Å². The van der Waals surface area contributed by atoms with Crippen molar-refractivity contribution in [2.45, 2.75) is 24.8 Å². The third-order valence-corrected chi connectivity index (χ3v) is 3.05. The quantitative estimate of drug-likeness (QED) is 0.559. The molecule has 0 aliphatic heterocycles. The molecule has 0 aromatic rings. The molecule has 0 saturated heterocycles. The number of nitrogens with zero attached hydrogens (tertiary/aromatic N) is 1. The Hall–Kier alpha value is -1.23. The summed E-state index contributed by atoms with van der Waals surface area (Å²) in [6.45, 7) is 0. The van der Waals surface area contributed by atoms with E-state index in [1.165, 1.54) is 6.08 Å². The molecule has 8 heteroatoms. The van der Waals surface area contributed by atoms with E-state index in [9.17, 15) is 21.6 Å². The Morgan fingerprint density at radius 1 is 1.50 bits per heavy atom. The fraction of sp³-hybridized carbons (Fsp3) is 0.625. The first-order chi connectivity index (χ1) is 7.26. The van der Waals surface area contributed by atoms with Crippen LogP contribution in [0.25, 0.3) is 0 Å². The highest BCUT2D eigenvalue weighted by Crippen LogP contribution is 2.30. The van der Waals surface area contributed by atoms with Crippen molar-refractivity contribution < 1.29 is 25.8 Å². The van der Waals surface area contributed by atoms with Gasteiger partial charge in [-0.05, 0) is 18.9 Å². The fourth-order valence-electron chi connectivity index (χ4n) is 1.19. The molecule has 4 nitrogen and oxygen atoms in total. The Morgan fingerprint density at radius 2 is 2.12 bits per heavy atom. The van der Waals surface area contributed by atoms with E-state index in [-0.39, 0.29) is 24.5 Å². The number of nitriles is 1. The third-order valence-electron chi connectivity index (χ3n) is 2.05. The first-order valence-electron chi connectivity index (χ1n) is 4.35. The van der Waals surface area contributed by atoms with Gasteiger partial charge in [-0.25, -0.2) is 0 Å². The van der Waals surface area contributed by atoms with Gasteiger partial charge in [-0.15, -0.1) is 0 Å². The molecule has 0 amide bonds. The van der Waals surface area contributed by atoms with Crippen molar-refractivity contribution in [3.8, 4) is 6.07 Å². The molecule has 0 heterocycles. The van der Waals surface area contributed by atoms with Gasteiger partial charge in [0.05, 0.1) is 12.0 Å². The van der Waals surface area contributed by atoms with Gasteiger partial charge in [-0.1, -0.05) is 0 Å². The normalized spacial score (nSPS) is 22.1. The lowest BCUT2D eigenvalue weighted by molar-refractivity contribution is -0.0524. The summed E-state index contributed by atoms with van der Waals surface area (Å²) in [6, 6.07) is 1.95. The topological polar surface area (TPSA) is 67.2 Å². The monoisotopic (exact) mass is 255 g/mol. The first-order valence-corrected chi connectivity index (χ1v) is 5.76. The van der Waals surface area contributed by atoms with Crippen LogP contribution in [0.2, 0.25) is 0 Å². The van der Waals surface area contributed by atoms with Gasteiger partial charge in [0.2, 0.25) is 0 Å². The average molecular weight is 255 g/mol. The molecule has 0 unspecified atom stereocenters. The predicted octanol–water partition coefficient (Wildman–Crippen LogP) is 2.06. The molecule has 0 bridgehead atoms. The fourth-order valence-corrected chi connectivity index (χ4v) is 1.72. The standard InChI is InChI=1S/C8H8F3NO3S/c9-8(10,11)16(13,14)15-7-3-1-6(5-12)2-4-7/h3,6H,1-2,4H2/t6-/m0/s1. The second-order valence-corrected chi connectivity index (χ2v) is 4.79. The smallest absolute Gasteiger partial charge is 0.381 e. The molecule has 0 fully saturated rings. The van der Waals surface area contributed by atoms with E-state index >= 15 is 0 Å². The Kier molecular flexibility index (Phi) is 3.48. The Labute approximate surface area is 90.4 Å². The van der Waals surface area contributed by atoms with E-state index in [0.717, 1.165) is 0 Å². The lowest BCUT2D eigenvalue weighted by Gasteiger charge is -2.17. The van der Waals surface area contributed by atoms with E-state index in [1.54, 1.807) is 0 Å². The van der Waals surface area contributed by atoms with Crippen LogP contribution in [-0.4, -0.2) is 13.9 Å². The van der Waals surface area contributed by atoms with E-state index in [0.29, 0.717) is 6.42 Å². The second kappa shape index (κ2) is 4.33. The summed E-state index contributed by atoms with van der Waals surface area (Å²) in [4.78, 5) is 0. The number of hydrogen-bond acceptors (Lipinski definition) is 4. The molecule has 0 saturated carbocycles. The van der Waals surface area contributed by atoms with Crippen LogP contribution in [0.3, 0.4) is 0 Å². The molecule has 16 heavy (non-hydrogen) atoms. The van der Waals surface area contributed by atoms with Gasteiger partial charge in [0, 0.05) is 6.42 Å². The zero-order chi connectivity index (χ0) is 12.4. The molecular weight excluding hydrogens is 247 g/mol. The van der Waals surface area contributed by atoms with Crippen LogP contribution in [-0.2, 0) is 14.3 Å². The number of halogens is 3. The van der Waals surface area contributed by atoms with Gasteiger partial charge >= 0.3 is 15.6 Å². The van der Waals surface area contributed by atoms with Crippen LogP contribution in [0, 0.1) is 17.2 Å². The number of rotatable bonds is 2. The average Bonchev–Trinajstić information content (AvgIpc) is 2.16. The summed E-state index contributed by atoms with van der Waals surface area (Å²) in [5.74, 6) is -0.537. The first kappa shape index (κ1) is 12.8. The number of alkyl halides is 3. The molecule has 1 rings (SSSR count). The van der Waals surface area contributed by atoms with Gasteiger partial charge in [-0.2, -0.15) is 26.9 Å². The Bertz CT molecular complexity index is 432. The summed E-state index contributed by atoms with van der Waals surface area (Å²) in [6.07, 6.45) is 1.74. The van der Waals surface area contributed by atoms with Crippen LogP contribution in [0.4, 0.5) is 13.2 Å². The minimum Gasteiger partial charge on any atom is -0.381 e. The predicted molar refractivity (Wildman–Crippen MR) is 47.1 cm³/mol. The van der Waals surface area contributed by atoms with Crippen LogP contribution in [0.1, 0.15) is 19.3 Å². The van der Waals surface area contributed by atoms with Gasteiger partial charge in [0.1, 0.15) is 5.76 Å². The van der Waals surface area contributed by atoms with Crippen LogP contribution in [0.5, 0.6) is 0 Å². The maximum Gasteiger partial charge on any atom is 0.534 e. The summed E-state index contributed by atoms with van der Waals surface area (Å²) in [7, 11) is -5.57. The summed E-state index contributed by atoms with van der Waals surface area (Å²) >= 11 is 0. The summed E-state index contributed by atoms with van der Waals surface area (Å²) < 4.78 is 61.0. The van der Waals surface area contributed by atoms with Gasteiger partial charge in [0.15, 0.2) is 0 Å². The van der Waals surface area contributed by atoms with E-state index in [2.05, 4.69) is 4.18 Å². The molecule has 1 aliphatic rings. The lowest BCUT2D eigenvalue weighted by Crippen LogP contribution is -2.25. The minimum absolute atomic E-state index is 0.0214. The molecule has 0 aromatic carbocycles. The number of hydrogen-bond donors (Lipinski definition) is 0. The van der Waals surface area contributed by atoms with Crippen molar-refractivity contribution in [1.29, 1.82) is 5.26 Å². The molecule has 0 radical (unpaired) electrons. The highest BCUT2D eigenvalue weighted by atomic mass is 32.2. The van der Waals surface area contributed by atoms with Crippen molar-refractivity contribution in [2.24, 2.45) is 5.92 Å². The maximum absolute atomic E-state index is 11.9. The zero-order valence-electron chi connectivity index (χ0n) is 7.99. The molecule has 0 aromatic heterocycles. The number of allylic oxidation sites excluding steroid dienone is 2. The molecule has 0 spiro atoms. The zero-order valence-corrected chi connectivity index (χ0v) is 8.81. The molecule has 1 atom stereocenters. The second-order valence-electron chi connectivity index (χ2n) is 3.25. The summed E-state index contributed by atoms with van der Waals surface area (Å²) in [5, 5.41) is 8.52. The Balaban J connectivity index is 2.72. The van der Waals surface area contributed by atoms with Gasteiger partial charge in [-0.3, -0.25) is 0 Å². The van der Waals surface area contributed by atoms with Crippen molar-refractivity contribution in [3.63, 3.8) is 0 Å². The molecular formula is C8H8F3NO3S. The van der Waals surface area contributed by atoms with Crippen molar-refractivity contribution in [2.75, 3.05) is 0 Å². The maximum atomic E-state index is 11.9. The van der Waals surface area contributed by atoms with Crippen LogP contribution < -0.4 is 0 Å². The largest absolute Gasteiger partial charge is 0.534 e. The van der Waals surface area contributed by atoms with Crippen molar-refractivity contribution >= 4 is 10.1 Å². The summed E-state index contributed by atoms with van der Waals surface area (Å²) in [5.41, 5.74) is -5.42. The highest BCUT2D eigenvalue weighted by molar-refractivity contribution is 7.87. The van der Waals surface area contributed by atoms with Crippen molar-refractivity contribution in [3.05, 3.63) is 11.8 Å². The van der Waals surface area contributed by atoms with E-state index in [1.807, 2.05) is 6.07 Å².